The predicted octanol–water partition coefficient (Wildman–Crippen LogP) is 2.16. The number of carbonyl (C=O) groups excluding carboxylic acids is 3. The largest absolute Gasteiger partial charge is 0.354 e. The highest BCUT2D eigenvalue weighted by Crippen LogP contribution is 2.40. The minimum atomic E-state index is -0.656. The second-order valence-electron chi connectivity index (χ2n) is 8.23. The third kappa shape index (κ3) is 4.22. The highest BCUT2D eigenvalue weighted by molar-refractivity contribution is 5.97. The van der Waals surface area contributed by atoms with Gasteiger partial charge in [-0.1, -0.05) is 48.5 Å². The summed E-state index contributed by atoms with van der Waals surface area (Å²) in [5.74, 6) is -0.314. The first-order valence-corrected chi connectivity index (χ1v) is 10.5. The summed E-state index contributed by atoms with van der Waals surface area (Å²) in [7, 11) is 0. The number of nitrogens with one attached hydrogen (secondary N) is 2. The van der Waals surface area contributed by atoms with Crippen LogP contribution in [0.5, 0.6) is 0 Å². The second kappa shape index (κ2) is 8.69. The van der Waals surface area contributed by atoms with Gasteiger partial charge in [0.25, 0.3) is 5.91 Å². The lowest BCUT2D eigenvalue weighted by atomic mass is 9.84. The Kier molecular flexibility index (Phi) is 5.84. The Morgan fingerprint density at radius 3 is 2.50 bits per heavy atom. The molecule has 3 amide bonds. The van der Waals surface area contributed by atoms with Crippen molar-refractivity contribution in [2.24, 2.45) is 5.41 Å². The summed E-state index contributed by atoms with van der Waals surface area (Å²) in [4.78, 5) is 39.7. The van der Waals surface area contributed by atoms with Crippen LogP contribution in [0.4, 0.5) is 0 Å². The van der Waals surface area contributed by atoms with Gasteiger partial charge in [-0.15, -0.1) is 0 Å². The Morgan fingerprint density at radius 2 is 1.77 bits per heavy atom. The van der Waals surface area contributed by atoms with Crippen molar-refractivity contribution in [1.29, 1.82) is 0 Å². The molecule has 1 spiro atoms. The SMILES string of the molecule is O=C(NCCCc1ccccc1)[C@@H]1C[C@]2(CCN(C(=O)c3ccccc3)C2)C(=O)N1. The molecule has 2 aliphatic rings. The maximum atomic E-state index is 12.7. The molecule has 30 heavy (non-hydrogen) atoms. The molecular weight excluding hydrogens is 378 g/mol. The fourth-order valence-electron chi connectivity index (χ4n) is 4.44. The van der Waals surface area contributed by atoms with E-state index in [0.29, 0.717) is 38.0 Å². The van der Waals surface area contributed by atoms with Crippen molar-refractivity contribution in [3.05, 3.63) is 71.8 Å². The number of rotatable bonds is 6. The third-order valence-corrected chi connectivity index (χ3v) is 6.14. The molecule has 2 atom stereocenters. The molecule has 2 aromatic carbocycles. The molecular formula is C24H27N3O3. The molecule has 0 aromatic heterocycles. The summed E-state index contributed by atoms with van der Waals surface area (Å²) >= 11 is 0. The lowest BCUT2D eigenvalue weighted by molar-refractivity contribution is -0.128. The Morgan fingerprint density at radius 1 is 1.07 bits per heavy atom. The number of hydrogen-bond donors (Lipinski definition) is 2. The van der Waals surface area contributed by atoms with Crippen molar-refractivity contribution in [3.8, 4) is 0 Å². The smallest absolute Gasteiger partial charge is 0.253 e. The number of likely N-dealkylation sites (tertiary alicyclic amines) is 1. The highest BCUT2D eigenvalue weighted by atomic mass is 16.2. The van der Waals surface area contributed by atoms with Crippen LogP contribution < -0.4 is 10.6 Å². The van der Waals surface area contributed by atoms with Gasteiger partial charge in [0.15, 0.2) is 0 Å². The minimum absolute atomic E-state index is 0.0610. The van der Waals surface area contributed by atoms with E-state index in [4.69, 9.17) is 0 Å². The third-order valence-electron chi connectivity index (χ3n) is 6.14. The highest BCUT2D eigenvalue weighted by Gasteiger charge is 2.53. The quantitative estimate of drug-likeness (QED) is 0.723. The summed E-state index contributed by atoms with van der Waals surface area (Å²) in [6.45, 7) is 1.47. The van der Waals surface area contributed by atoms with Gasteiger partial charge in [-0.25, -0.2) is 0 Å². The molecule has 2 N–H and O–H groups in total. The van der Waals surface area contributed by atoms with E-state index in [9.17, 15) is 14.4 Å². The van der Waals surface area contributed by atoms with Gasteiger partial charge in [0, 0.05) is 25.2 Å². The number of nitrogens with zero attached hydrogens (tertiary/aromatic N) is 1. The van der Waals surface area contributed by atoms with Crippen molar-refractivity contribution in [2.75, 3.05) is 19.6 Å². The molecule has 0 radical (unpaired) electrons. The van der Waals surface area contributed by atoms with Crippen molar-refractivity contribution >= 4 is 17.7 Å². The summed E-state index contributed by atoms with van der Waals surface area (Å²) in [5.41, 5.74) is 1.21. The Balaban J connectivity index is 1.28. The van der Waals surface area contributed by atoms with Gasteiger partial charge >= 0.3 is 0 Å². The van der Waals surface area contributed by atoms with Crippen LogP contribution in [-0.4, -0.2) is 48.3 Å². The van der Waals surface area contributed by atoms with Gasteiger partial charge in [0.05, 0.1) is 5.41 Å². The van der Waals surface area contributed by atoms with Crippen LogP contribution in [-0.2, 0) is 16.0 Å². The molecule has 2 heterocycles. The predicted molar refractivity (Wildman–Crippen MR) is 114 cm³/mol. The monoisotopic (exact) mass is 405 g/mol. The number of amides is 3. The van der Waals surface area contributed by atoms with Crippen LogP contribution in [0, 0.1) is 5.41 Å². The molecule has 4 rings (SSSR count). The van der Waals surface area contributed by atoms with Crippen LogP contribution >= 0.6 is 0 Å². The standard InChI is InChI=1S/C24H27N3O3/c28-21(25-14-7-10-18-8-3-1-4-9-18)20-16-24(23(30)26-20)13-15-27(17-24)22(29)19-11-5-2-6-12-19/h1-6,8-9,11-12,20H,7,10,13-17H2,(H,25,28)(H,26,30)/t20-,24-/m0/s1. The average molecular weight is 405 g/mol. The van der Waals surface area contributed by atoms with Crippen LogP contribution in [0.25, 0.3) is 0 Å². The van der Waals surface area contributed by atoms with E-state index in [-0.39, 0.29) is 17.7 Å². The van der Waals surface area contributed by atoms with E-state index in [2.05, 4.69) is 22.8 Å². The number of carbonyl (C=O) groups is 3. The molecule has 6 nitrogen and oxygen atoms in total. The van der Waals surface area contributed by atoms with Crippen LogP contribution in [0.1, 0.15) is 35.2 Å². The number of hydrogen-bond acceptors (Lipinski definition) is 3. The van der Waals surface area contributed by atoms with Gasteiger partial charge in [0.2, 0.25) is 11.8 Å². The lowest BCUT2D eigenvalue weighted by Gasteiger charge is -2.21. The maximum absolute atomic E-state index is 12.7. The fraction of sp³-hybridized carbons (Fsp3) is 0.375. The zero-order valence-corrected chi connectivity index (χ0v) is 17.0. The molecule has 156 valence electrons. The Labute approximate surface area is 176 Å². The minimum Gasteiger partial charge on any atom is -0.354 e. The molecule has 0 bridgehead atoms. The van der Waals surface area contributed by atoms with Gasteiger partial charge < -0.3 is 15.5 Å². The van der Waals surface area contributed by atoms with Crippen LogP contribution in [0.2, 0.25) is 0 Å². The van der Waals surface area contributed by atoms with E-state index in [1.807, 2.05) is 36.4 Å². The summed E-state index contributed by atoms with van der Waals surface area (Å²) in [6, 6.07) is 18.7. The van der Waals surface area contributed by atoms with E-state index in [1.54, 1.807) is 17.0 Å². The Bertz CT molecular complexity index is 916. The van der Waals surface area contributed by atoms with E-state index < -0.39 is 11.5 Å². The normalized spacial score (nSPS) is 22.9. The molecule has 0 saturated carbocycles. The average Bonchev–Trinajstić information content (AvgIpc) is 3.36. The van der Waals surface area contributed by atoms with Gasteiger partial charge in [-0.2, -0.15) is 0 Å². The first-order chi connectivity index (χ1) is 14.6. The maximum Gasteiger partial charge on any atom is 0.253 e. The topological polar surface area (TPSA) is 78.5 Å². The van der Waals surface area contributed by atoms with Crippen molar-refractivity contribution in [3.63, 3.8) is 0 Å². The molecule has 6 heteroatoms. The lowest BCUT2D eigenvalue weighted by Crippen LogP contribution is -2.42. The molecule has 2 aliphatic heterocycles. The second-order valence-corrected chi connectivity index (χ2v) is 8.23. The van der Waals surface area contributed by atoms with Crippen LogP contribution in [0.3, 0.4) is 0 Å². The molecule has 0 unspecified atom stereocenters. The van der Waals surface area contributed by atoms with Gasteiger partial charge in [-0.3, -0.25) is 14.4 Å². The first kappa shape index (κ1) is 20.1. The van der Waals surface area contributed by atoms with Gasteiger partial charge in [-0.05, 0) is 43.4 Å². The molecule has 2 fully saturated rings. The molecule has 0 aliphatic carbocycles. The van der Waals surface area contributed by atoms with Crippen molar-refractivity contribution < 1.29 is 14.4 Å². The van der Waals surface area contributed by atoms with Crippen molar-refractivity contribution in [1.82, 2.24) is 15.5 Å². The zero-order chi connectivity index (χ0) is 21.0. The van der Waals surface area contributed by atoms with E-state index in [1.165, 1.54) is 5.56 Å². The summed E-state index contributed by atoms with van der Waals surface area (Å²) in [5, 5.41) is 5.80. The Hall–Kier alpha value is -3.15. The van der Waals surface area contributed by atoms with Crippen molar-refractivity contribution in [2.45, 2.75) is 31.7 Å². The number of benzene rings is 2. The van der Waals surface area contributed by atoms with Gasteiger partial charge in [0.1, 0.15) is 6.04 Å². The number of aryl methyl sites for hydroxylation is 1. The van der Waals surface area contributed by atoms with Crippen LogP contribution in [0.15, 0.2) is 60.7 Å². The summed E-state index contributed by atoms with van der Waals surface area (Å²) < 4.78 is 0. The molecule has 2 aromatic rings. The fourth-order valence-corrected chi connectivity index (χ4v) is 4.44. The zero-order valence-electron chi connectivity index (χ0n) is 17.0. The van der Waals surface area contributed by atoms with E-state index in [0.717, 1.165) is 12.8 Å². The first-order valence-electron chi connectivity index (χ1n) is 10.5. The molecule has 2 saturated heterocycles. The van der Waals surface area contributed by atoms with E-state index >= 15 is 0 Å². The summed E-state index contributed by atoms with van der Waals surface area (Å²) in [6.07, 6.45) is 2.78.